The van der Waals surface area contributed by atoms with Crippen LogP contribution in [0.1, 0.15) is 29.4 Å². The Morgan fingerprint density at radius 2 is 2.05 bits per heavy atom. The van der Waals surface area contributed by atoms with Crippen LogP contribution >= 0.6 is 35.3 Å². The minimum Gasteiger partial charge on any atom is -0.380 e. The molecule has 1 aromatic rings. The number of thiazole rings is 1. The number of aryl methyl sites for hydroxylation is 2. The summed E-state index contributed by atoms with van der Waals surface area (Å²) in [6, 6.07) is 0. The molecule has 2 N–H and O–H groups in total. The van der Waals surface area contributed by atoms with E-state index in [-0.39, 0.29) is 24.0 Å². The van der Waals surface area contributed by atoms with Crippen molar-refractivity contribution in [3.8, 4) is 0 Å². The van der Waals surface area contributed by atoms with E-state index in [1.807, 2.05) is 13.8 Å². The number of hydrogen-bond donors (Lipinski definition) is 2. The Morgan fingerprint density at radius 1 is 1.29 bits per heavy atom. The first-order chi connectivity index (χ1) is 9.67. The number of aliphatic imine (C=N–C) groups is 1. The number of ether oxygens (including phenoxy) is 1. The third kappa shape index (κ3) is 8.57. The van der Waals surface area contributed by atoms with Gasteiger partial charge in [-0.05, 0) is 27.7 Å². The lowest BCUT2D eigenvalue weighted by molar-refractivity contribution is 0.155. The first-order valence-electron chi connectivity index (χ1n) is 7.20. The second-order valence-electron chi connectivity index (χ2n) is 4.38. The van der Waals surface area contributed by atoms with Crippen LogP contribution in [-0.4, -0.2) is 43.8 Å². The average Bonchev–Trinajstić information content (AvgIpc) is 2.73. The monoisotopic (exact) mass is 426 g/mol. The Kier molecular flexibility index (Phi) is 11.9. The number of guanidine groups is 1. The maximum absolute atomic E-state index is 5.29. The standard InChI is InChI=1S/C14H26N4OS.HI/c1-5-15-14(17-9-10-19-6-2)16-8-7-13-11(3)18-12(4)20-13;/h5-10H2,1-4H3,(H2,15,16,17);1H. The van der Waals surface area contributed by atoms with Crippen molar-refractivity contribution in [2.45, 2.75) is 34.1 Å². The van der Waals surface area contributed by atoms with E-state index < -0.39 is 0 Å². The molecular formula is C14H27IN4OS. The molecule has 7 heteroatoms. The van der Waals surface area contributed by atoms with Crippen molar-refractivity contribution in [1.82, 2.24) is 15.6 Å². The Morgan fingerprint density at radius 3 is 2.62 bits per heavy atom. The highest BCUT2D eigenvalue weighted by atomic mass is 127. The predicted molar refractivity (Wildman–Crippen MR) is 101 cm³/mol. The van der Waals surface area contributed by atoms with Gasteiger partial charge >= 0.3 is 0 Å². The van der Waals surface area contributed by atoms with Gasteiger partial charge in [-0.3, -0.25) is 4.99 Å². The van der Waals surface area contributed by atoms with Gasteiger partial charge in [0.15, 0.2) is 5.96 Å². The second-order valence-corrected chi connectivity index (χ2v) is 5.66. The highest BCUT2D eigenvalue weighted by Crippen LogP contribution is 2.16. The Bertz CT molecular complexity index is 423. The SMILES string of the molecule is CCNC(=NCCOCC)NCCc1sc(C)nc1C.I. The molecule has 5 nitrogen and oxygen atoms in total. The average molecular weight is 426 g/mol. The summed E-state index contributed by atoms with van der Waals surface area (Å²) in [5, 5.41) is 7.72. The summed E-state index contributed by atoms with van der Waals surface area (Å²) < 4.78 is 5.29. The molecule has 0 radical (unpaired) electrons. The lowest BCUT2D eigenvalue weighted by Gasteiger charge is -2.10. The van der Waals surface area contributed by atoms with Crippen LogP contribution in [0.4, 0.5) is 0 Å². The molecule has 0 aliphatic carbocycles. The molecule has 0 aliphatic heterocycles. The first-order valence-corrected chi connectivity index (χ1v) is 8.01. The van der Waals surface area contributed by atoms with E-state index in [1.54, 1.807) is 11.3 Å². The van der Waals surface area contributed by atoms with Gasteiger partial charge < -0.3 is 15.4 Å². The molecule has 0 spiro atoms. The molecule has 0 saturated carbocycles. The lowest BCUT2D eigenvalue weighted by Crippen LogP contribution is -2.38. The summed E-state index contributed by atoms with van der Waals surface area (Å²) >= 11 is 1.77. The van der Waals surface area contributed by atoms with Gasteiger partial charge in [-0.2, -0.15) is 0 Å². The highest BCUT2D eigenvalue weighted by Gasteiger charge is 2.04. The minimum absolute atomic E-state index is 0. The molecule has 0 saturated heterocycles. The Hall–Kier alpha value is -0.410. The van der Waals surface area contributed by atoms with E-state index in [0.717, 1.165) is 42.8 Å². The second kappa shape index (κ2) is 12.2. The topological polar surface area (TPSA) is 58.5 Å². The van der Waals surface area contributed by atoms with E-state index in [9.17, 15) is 0 Å². The molecular weight excluding hydrogens is 399 g/mol. The molecule has 1 heterocycles. The molecule has 122 valence electrons. The molecule has 1 rings (SSSR count). The molecule has 0 amide bonds. The van der Waals surface area contributed by atoms with Crippen LogP contribution in [0.3, 0.4) is 0 Å². The van der Waals surface area contributed by atoms with Gasteiger partial charge in [0, 0.05) is 31.0 Å². The quantitative estimate of drug-likeness (QED) is 0.290. The number of halogens is 1. The number of nitrogens with one attached hydrogen (secondary N) is 2. The Labute approximate surface area is 149 Å². The minimum atomic E-state index is 0. The zero-order valence-corrected chi connectivity index (χ0v) is 16.5. The van der Waals surface area contributed by atoms with Crippen LogP contribution < -0.4 is 10.6 Å². The summed E-state index contributed by atoms with van der Waals surface area (Å²) in [6.45, 7) is 12.0. The normalized spacial score (nSPS) is 11.1. The van der Waals surface area contributed by atoms with E-state index in [0.29, 0.717) is 13.2 Å². The van der Waals surface area contributed by atoms with Gasteiger partial charge in [0.1, 0.15) is 0 Å². The van der Waals surface area contributed by atoms with Crippen molar-refractivity contribution < 1.29 is 4.74 Å². The van der Waals surface area contributed by atoms with Crippen LogP contribution in [0.15, 0.2) is 4.99 Å². The fourth-order valence-electron chi connectivity index (χ4n) is 1.81. The maximum Gasteiger partial charge on any atom is 0.191 e. The van der Waals surface area contributed by atoms with Gasteiger partial charge in [0.2, 0.25) is 0 Å². The number of hydrogen-bond acceptors (Lipinski definition) is 4. The molecule has 0 atom stereocenters. The Balaban J connectivity index is 0.00000400. The van der Waals surface area contributed by atoms with Gasteiger partial charge in [-0.15, -0.1) is 35.3 Å². The smallest absolute Gasteiger partial charge is 0.191 e. The fraction of sp³-hybridized carbons (Fsp3) is 0.714. The van der Waals surface area contributed by atoms with Crippen molar-refractivity contribution in [3.63, 3.8) is 0 Å². The lowest BCUT2D eigenvalue weighted by atomic mass is 10.3. The van der Waals surface area contributed by atoms with E-state index in [1.165, 1.54) is 4.88 Å². The van der Waals surface area contributed by atoms with E-state index >= 15 is 0 Å². The molecule has 0 aromatic carbocycles. The molecule has 0 aliphatic rings. The summed E-state index contributed by atoms with van der Waals surface area (Å²) in [5.74, 6) is 0.853. The molecule has 1 aromatic heterocycles. The van der Waals surface area contributed by atoms with Crippen molar-refractivity contribution >= 4 is 41.3 Å². The van der Waals surface area contributed by atoms with Crippen molar-refractivity contribution in [1.29, 1.82) is 0 Å². The zero-order chi connectivity index (χ0) is 14.8. The third-order valence-corrected chi connectivity index (χ3v) is 3.83. The van der Waals surface area contributed by atoms with E-state index in [2.05, 4.69) is 34.5 Å². The van der Waals surface area contributed by atoms with Crippen LogP contribution in [0, 0.1) is 13.8 Å². The van der Waals surface area contributed by atoms with Gasteiger partial charge in [-0.25, -0.2) is 4.98 Å². The maximum atomic E-state index is 5.29. The van der Waals surface area contributed by atoms with Crippen molar-refractivity contribution in [2.75, 3.05) is 32.8 Å². The molecule has 0 bridgehead atoms. The van der Waals surface area contributed by atoms with Crippen LogP contribution in [0.5, 0.6) is 0 Å². The van der Waals surface area contributed by atoms with Gasteiger partial charge in [0.05, 0.1) is 23.9 Å². The first kappa shape index (κ1) is 20.6. The van der Waals surface area contributed by atoms with Crippen molar-refractivity contribution in [3.05, 3.63) is 15.6 Å². The van der Waals surface area contributed by atoms with Crippen LogP contribution in [0.2, 0.25) is 0 Å². The molecule has 0 unspecified atom stereocenters. The number of nitrogens with zero attached hydrogens (tertiary/aromatic N) is 2. The number of aromatic nitrogens is 1. The van der Waals surface area contributed by atoms with Gasteiger partial charge in [0.25, 0.3) is 0 Å². The summed E-state index contributed by atoms with van der Waals surface area (Å²) in [7, 11) is 0. The predicted octanol–water partition coefficient (Wildman–Crippen LogP) is 2.51. The fourth-order valence-corrected chi connectivity index (χ4v) is 2.74. The summed E-state index contributed by atoms with van der Waals surface area (Å²) in [5.41, 5.74) is 1.15. The molecule has 0 fully saturated rings. The largest absolute Gasteiger partial charge is 0.380 e. The van der Waals surface area contributed by atoms with Crippen molar-refractivity contribution in [2.24, 2.45) is 4.99 Å². The molecule has 21 heavy (non-hydrogen) atoms. The van der Waals surface area contributed by atoms with Crippen LogP contribution in [0.25, 0.3) is 0 Å². The third-order valence-electron chi connectivity index (χ3n) is 2.70. The van der Waals surface area contributed by atoms with E-state index in [4.69, 9.17) is 4.74 Å². The van der Waals surface area contributed by atoms with Crippen LogP contribution in [-0.2, 0) is 11.2 Å². The number of rotatable bonds is 8. The summed E-state index contributed by atoms with van der Waals surface area (Å²) in [4.78, 5) is 10.3. The zero-order valence-electron chi connectivity index (χ0n) is 13.4. The highest BCUT2D eigenvalue weighted by molar-refractivity contribution is 14.0. The summed E-state index contributed by atoms with van der Waals surface area (Å²) in [6.07, 6.45) is 0.979. The van der Waals surface area contributed by atoms with Gasteiger partial charge in [-0.1, -0.05) is 0 Å².